The average molecular weight is 588 g/mol. The zero-order valence-corrected chi connectivity index (χ0v) is 24.2. The molecule has 5 rings (SSSR count). The van der Waals surface area contributed by atoms with Gasteiger partial charge in [-0.25, -0.2) is 17.3 Å². The number of anilines is 3. The van der Waals surface area contributed by atoms with Crippen LogP contribution >= 0.6 is 0 Å². The number of hydrogen-bond acceptors (Lipinski definition) is 7. The summed E-state index contributed by atoms with van der Waals surface area (Å²) < 4.78 is 47.5. The number of carbonyl (C=O) groups excluding carboxylic acids is 1. The Labute approximate surface area is 240 Å². The van der Waals surface area contributed by atoms with Crippen molar-refractivity contribution in [2.45, 2.75) is 30.8 Å². The number of halogens is 2. The van der Waals surface area contributed by atoms with E-state index < -0.39 is 22.6 Å². The number of likely N-dealkylation sites (N-methyl/N-ethyl adjacent to an activating group) is 1. The van der Waals surface area contributed by atoms with E-state index in [1.807, 2.05) is 25.1 Å². The highest BCUT2D eigenvalue weighted by Crippen LogP contribution is 2.30. The van der Waals surface area contributed by atoms with Gasteiger partial charge >= 0.3 is 0 Å². The molecule has 1 fully saturated rings. The molecular formula is C28H35F2N7O3S. The van der Waals surface area contributed by atoms with E-state index in [-0.39, 0.29) is 23.4 Å². The Balaban J connectivity index is 1.36. The second-order valence-electron chi connectivity index (χ2n) is 10.5. The minimum absolute atomic E-state index is 0.0383. The lowest BCUT2D eigenvalue weighted by Gasteiger charge is -2.34. The summed E-state index contributed by atoms with van der Waals surface area (Å²) in [6.45, 7) is 6.75. The van der Waals surface area contributed by atoms with Crippen molar-refractivity contribution >= 4 is 34.1 Å². The van der Waals surface area contributed by atoms with E-state index in [1.54, 1.807) is 11.4 Å². The fourth-order valence-corrected chi connectivity index (χ4v) is 6.37. The van der Waals surface area contributed by atoms with Crippen LogP contribution in [0.25, 0.3) is 0 Å². The first-order valence-corrected chi connectivity index (χ1v) is 14.7. The molecule has 3 heterocycles. The minimum Gasteiger partial charge on any atom is -0.383 e. The predicted octanol–water partition coefficient (Wildman–Crippen LogP) is 3.22. The first-order valence-electron chi connectivity index (χ1n) is 13.5. The standard InChI is InChI=1S/C28H35F2N7O3S/c1-18(17-40-3)31-26-15-21(36-10-8-35(2)9-11-36)4-5-23(26)28(38)32-27-24-16-37(7-6-25(24)33-34-27)41(39)22-13-19(29)12-20(30)14-22/h4-5,12-15,18,31H,6-11,16-17H2,1-3H3,(H2,32,33,34,38). The number of rotatable bonds is 9. The molecule has 2 aliphatic heterocycles. The van der Waals surface area contributed by atoms with Crippen molar-refractivity contribution in [1.82, 2.24) is 19.4 Å². The number of ether oxygens (including phenoxy) is 1. The predicted molar refractivity (Wildman–Crippen MR) is 155 cm³/mol. The van der Waals surface area contributed by atoms with Crippen molar-refractivity contribution in [3.8, 4) is 0 Å². The maximum absolute atomic E-state index is 13.7. The molecule has 2 unspecified atom stereocenters. The zero-order valence-electron chi connectivity index (χ0n) is 23.4. The minimum atomic E-state index is -1.79. The van der Waals surface area contributed by atoms with Crippen LogP contribution in [0, 0.1) is 11.6 Å². The van der Waals surface area contributed by atoms with Gasteiger partial charge in [-0.15, -0.1) is 0 Å². The van der Waals surface area contributed by atoms with Crippen molar-refractivity contribution in [1.29, 1.82) is 0 Å². The molecule has 0 aliphatic carbocycles. The van der Waals surface area contributed by atoms with Gasteiger partial charge in [0.25, 0.3) is 5.91 Å². The summed E-state index contributed by atoms with van der Waals surface area (Å²) in [6, 6.07) is 8.60. The van der Waals surface area contributed by atoms with Gasteiger partial charge in [0.05, 0.1) is 17.1 Å². The van der Waals surface area contributed by atoms with Crippen LogP contribution in [0.2, 0.25) is 0 Å². The van der Waals surface area contributed by atoms with Crippen LogP contribution in [0.4, 0.5) is 26.0 Å². The molecule has 10 nitrogen and oxygen atoms in total. The van der Waals surface area contributed by atoms with Crippen LogP contribution < -0.4 is 15.5 Å². The lowest BCUT2D eigenvalue weighted by molar-refractivity contribution is 0.102. The Kier molecular flexibility index (Phi) is 8.97. The highest BCUT2D eigenvalue weighted by molar-refractivity contribution is 7.82. The number of hydrogen-bond donors (Lipinski definition) is 3. The molecule has 220 valence electrons. The van der Waals surface area contributed by atoms with E-state index in [2.05, 4.69) is 37.7 Å². The van der Waals surface area contributed by atoms with E-state index in [0.717, 1.165) is 55.8 Å². The molecule has 0 spiro atoms. The summed E-state index contributed by atoms with van der Waals surface area (Å²) in [7, 11) is 1.95. The Morgan fingerprint density at radius 2 is 1.85 bits per heavy atom. The summed E-state index contributed by atoms with van der Waals surface area (Å²) in [4.78, 5) is 18.2. The lowest BCUT2D eigenvalue weighted by Crippen LogP contribution is -2.44. The first-order chi connectivity index (χ1) is 19.7. The lowest BCUT2D eigenvalue weighted by atomic mass is 10.1. The third kappa shape index (κ3) is 6.75. The molecule has 2 atom stereocenters. The molecule has 0 bridgehead atoms. The number of piperazine rings is 1. The Morgan fingerprint density at radius 1 is 1.12 bits per heavy atom. The molecule has 1 saturated heterocycles. The van der Waals surface area contributed by atoms with E-state index in [1.165, 1.54) is 0 Å². The van der Waals surface area contributed by atoms with Gasteiger partial charge < -0.3 is 25.2 Å². The second kappa shape index (κ2) is 12.6. The van der Waals surface area contributed by atoms with Gasteiger partial charge in [-0.3, -0.25) is 9.89 Å². The SMILES string of the molecule is COCC(C)Nc1cc(N2CCN(C)CC2)ccc1C(=O)Nc1n[nH]c2c1CN(S(=O)c1cc(F)cc(F)c1)CC2. The highest BCUT2D eigenvalue weighted by Gasteiger charge is 2.28. The fraction of sp³-hybridized carbons (Fsp3) is 0.429. The van der Waals surface area contributed by atoms with E-state index in [0.29, 0.717) is 42.2 Å². The molecule has 1 amide bonds. The van der Waals surface area contributed by atoms with E-state index >= 15 is 0 Å². The van der Waals surface area contributed by atoms with Gasteiger partial charge in [-0.05, 0) is 44.3 Å². The molecule has 13 heteroatoms. The third-order valence-corrected chi connectivity index (χ3v) is 8.76. The maximum atomic E-state index is 13.7. The van der Waals surface area contributed by atoms with Gasteiger partial charge in [0.1, 0.15) is 22.6 Å². The largest absolute Gasteiger partial charge is 0.383 e. The molecule has 3 N–H and O–H groups in total. The van der Waals surface area contributed by atoms with Gasteiger partial charge in [0.2, 0.25) is 0 Å². The number of aromatic nitrogens is 2. The molecule has 1 aromatic heterocycles. The molecule has 2 aliphatic rings. The molecule has 0 saturated carbocycles. The molecule has 0 radical (unpaired) electrons. The average Bonchev–Trinajstić information content (AvgIpc) is 3.34. The summed E-state index contributed by atoms with van der Waals surface area (Å²) in [6.07, 6.45) is 0.489. The first kappa shape index (κ1) is 29.1. The van der Waals surface area contributed by atoms with Crippen LogP contribution in [0.3, 0.4) is 0 Å². The maximum Gasteiger partial charge on any atom is 0.258 e. The van der Waals surface area contributed by atoms with Crippen molar-refractivity contribution in [3.63, 3.8) is 0 Å². The molecule has 3 aromatic rings. The summed E-state index contributed by atoms with van der Waals surface area (Å²) in [5.41, 5.74) is 3.67. The number of aromatic amines is 1. The van der Waals surface area contributed by atoms with Crippen LogP contribution in [-0.2, 0) is 28.7 Å². The Bertz CT molecular complexity index is 1410. The van der Waals surface area contributed by atoms with Gasteiger partial charge in [0, 0.05) is 87.5 Å². The Morgan fingerprint density at radius 3 is 2.56 bits per heavy atom. The zero-order chi connectivity index (χ0) is 29.1. The smallest absolute Gasteiger partial charge is 0.258 e. The summed E-state index contributed by atoms with van der Waals surface area (Å²) in [5, 5.41) is 13.6. The monoisotopic (exact) mass is 587 g/mol. The van der Waals surface area contributed by atoms with Crippen LogP contribution in [0.1, 0.15) is 28.5 Å². The van der Waals surface area contributed by atoms with Crippen molar-refractivity contribution in [3.05, 3.63) is 64.9 Å². The van der Waals surface area contributed by atoms with Gasteiger partial charge in [-0.1, -0.05) is 0 Å². The highest BCUT2D eigenvalue weighted by atomic mass is 32.2. The summed E-state index contributed by atoms with van der Waals surface area (Å²) >= 11 is 0. The number of methoxy groups -OCH3 is 1. The van der Waals surface area contributed by atoms with Crippen LogP contribution in [0.5, 0.6) is 0 Å². The van der Waals surface area contributed by atoms with Crippen molar-refractivity contribution in [2.75, 3.05) is 69.0 Å². The van der Waals surface area contributed by atoms with Crippen LogP contribution in [0.15, 0.2) is 41.3 Å². The van der Waals surface area contributed by atoms with E-state index in [9.17, 15) is 17.8 Å². The number of benzene rings is 2. The topological polar surface area (TPSA) is 106 Å². The fourth-order valence-electron chi connectivity index (χ4n) is 5.14. The number of amides is 1. The second-order valence-corrected chi connectivity index (χ2v) is 12.0. The van der Waals surface area contributed by atoms with Crippen molar-refractivity contribution in [2.24, 2.45) is 0 Å². The normalized spacial score (nSPS) is 17.6. The number of carbonyl (C=O) groups is 1. The number of H-pyrrole nitrogens is 1. The number of nitrogens with zero attached hydrogens (tertiary/aromatic N) is 4. The quantitative estimate of drug-likeness (QED) is 0.353. The van der Waals surface area contributed by atoms with Gasteiger partial charge in [0.15, 0.2) is 5.82 Å². The molecule has 2 aromatic carbocycles. The van der Waals surface area contributed by atoms with Gasteiger partial charge in [-0.2, -0.15) is 5.10 Å². The van der Waals surface area contributed by atoms with Crippen molar-refractivity contribution < 1.29 is 22.5 Å². The Hall–Kier alpha value is -3.39. The third-order valence-electron chi connectivity index (χ3n) is 7.34. The molecular weight excluding hydrogens is 552 g/mol. The van der Waals surface area contributed by atoms with Crippen LogP contribution in [-0.4, -0.2) is 89.0 Å². The number of nitrogens with one attached hydrogen (secondary N) is 3. The molecule has 41 heavy (non-hydrogen) atoms. The summed E-state index contributed by atoms with van der Waals surface area (Å²) in [5.74, 6) is -1.59. The number of fused-ring (bicyclic) bond motifs is 1. The van der Waals surface area contributed by atoms with E-state index in [4.69, 9.17) is 4.74 Å².